The molecule has 3 aromatic heterocycles. The monoisotopic (exact) mass is 397 g/mol. The fraction of sp³-hybridized carbons (Fsp3) is 0.0909. The molecule has 2 aromatic carbocycles. The van der Waals surface area contributed by atoms with Crippen LogP contribution in [0.3, 0.4) is 0 Å². The number of hydrogen-bond acceptors (Lipinski definition) is 5. The first-order chi connectivity index (χ1) is 14.8. The van der Waals surface area contributed by atoms with E-state index in [1.54, 1.807) is 24.7 Å². The highest BCUT2D eigenvalue weighted by Gasteiger charge is 2.13. The Morgan fingerprint density at radius 3 is 2.37 bits per heavy atom. The molecule has 5 aromatic rings. The van der Waals surface area contributed by atoms with Crippen LogP contribution in [0.15, 0.2) is 79.4 Å². The number of rotatable bonds is 6. The van der Waals surface area contributed by atoms with Gasteiger partial charge in [0.25, 0.3) is 0 Å². The van der Waals surface area contributed by atoms with Crippen LogP contribution >= 0.6 is 0 Å². The molecule has 0 saturated carbocycles. The van der Waals surface area contributed by atoms with Crippen LogP contribution in [0, 0.1) is 0 Å². The highest BCUT2D eigenvalue weighted by molar-refractivity contribution is 5.65. The molecule has 0 saturated heterocycles. The number of aryl methyl sites for hydroxylation is 2. The number of tetrazole rings is 1. The third kappa shape index (κ3) is 3.46. The number of phenolic OH excluding ortho intramolecular Hbond substituents is 1. The molecule has 0 radical (unpaired) electrons. The van der Waals surface area contributed by atoms with E-state index in [4.69, 9.17) is 0 Å². The van der Waals surface area contributed by atoms with Crippen LogP contribution in [-0.2, 0) is 12.8 Å². The summed E-state index contributed by atoms with van der Waals surface area (Å²) in [5.74, 6) is 0.921. The van der Waals surface area contributed by atoms with Crippen molar-refractivity contribution in [2.24, 2.45) is 0 Å². The molecule has 0 spiro atoms. The summed E-state index contributed by atoms with van der Waals surface area (Å²) in [7, 11) is 0. The van der Waals surface area contributed by atoms with Crippen LogP contribution in [-0.4, -0.2) is 39.8 Å². The zero-order chi connectivity index (χ0) is 20.3. The molecule has 5 rings (SSSR count). The average Bonchev–Trinajstić information content (AvgIpc) is 3.55. The van der Waals surface area contributed by atoms with Gasteiger partial charge in [0.15, 0.2) is 5.82 Å². The van der Waals surface area contributed by atoms with Gasteiger partial charge in [0.05, 0.1) is 12.0 Å². The van der Waals surface area contributed by atoms with Crippen molar-refractivity contribution in [1.82, 2.24) is 34.7 Å². The van der Waals surface area contributed by atoms with Gasteiger partial charge in [-0.15, -0.1) is 10.2 Å². The van der Waals surface area contributed by atoms with Crippen molar-refractivity contribution in [2.45, 2.75) is 12.8 Å². The molecule has 0 bridgehead atoms. The van der Waals surface area contributed by atoms with Gasteiger partial charge in [-0.2, -0.15) is 5.21 Å². The predicted molar refractivity (Wildman–Crippen MR) is 112 cm³/mol. The third-order valence-corrected chi connectivity index (χ3v) is 5.03. The summed E-state index contributed by atoms with van der Waals surface area (Å²) in [6.07, 6.45) is 6.90. The minimum absolute atomic E-state index is 0.241. The van der Waals surface area contributed by atoms with Crippen molar-refractivity contribution in [3.05, 3.63) is 90.9 Å². The molecule has 0 aliphatic carbocycles. The van der Waals surface area contributed by atoms with Crippen molar-refractivity contribution in [2.75, 3.05) is 0 Å². The number of imidazole rings is 1. The van der Waals surface area contributed by atoms with Gasteiger partial charge in [-0.05, 0) is 60.5 Å². The van der Waals surface area contributed by atoms with E-state index in [-0.39, 0.29) is 5.75 Å². The molecule has 0 amide bonds. The standard InChI is InChI=1S/C22H19N7O/c30-20-9-5-18(6-10-20)29-19(8-12-22-24-26-27-25-22)7-11-21(29)16-1-3-17(4-2-16)28-14-13-23-15-28/h1-7,9-11,13-15,30H,8,12H2,(H,24,25,26,27). The smallest absolute Gasteiger partial charge is 0.174 e. The third-order valence-electron chi connectivity index (χ3n) is 5.03. The summed E-state index contributed by atoms with van der Waals surface area (Å²) < 4.78 is 4.17. The lowest BCUT2D eigenvalue weighted by Gasteiger charge is -2.14. The quantitative estimate of drug-likeness (QED) is 0.458. The van der Waals surface area contributed by atoms with Crippen LogP contribution in [0.25, 0.3) is 22.6 Å². The van der Waals surface area contributed by atoms with Crippen molar-refractivity contribution >= 4 is 0 Å². The summed E-state index contributed by atoms with van der Waals surface area (Å²) in [5.41, 5.74) is 5.32. The van der Waals surface area contributed by atoms with Crippen molar-refractivity contribution in [1.29, 1.82) is 0 Å². The topological polar surface area (TPSA) is 97.4 Å². The highest BCUT2D eigenvalue weighted by Crippen LogP contribution is 2.29. The number of aromatic amines is 1. The van der Waals surface area contributed by atoms with E-state index >= 15 is 0 Å². The number of hydrogen-bond donors (Lipinski definition) is 2. The van der Waals surface area contributed by atoms with Gasteiger partial charge >= 0.3 is 0 Å². The summed E-state index contributed by atoms with van der Waals surface area (Å²) in [5, 5.41) is 23.9. The van der Waals surface area contributed by atoms with E-state index in [1.165, 1.54) is 0 Å². The molecular weight excluding hydrogens is 378 g/mol. The zero-order valence-electron chi connectivity index (χ0n) is 16.1. The molecule has 8 heteroatoms. The number of benzene rings is 2. The maximum absolute atomic E-state index is 9.72. The SMILES string of the molecule is Oc1ccc(-n2c(CCc3nn[nH]n3)ccc2-c2ccc(-n3ccnc3)cc2)cc1. The first kappa shape index (κ1) is 17.9. The van der Waals surface area contributed by atoms with Gasteiger partial charge in [-0.1, -0.05) is 17.3 Å². The van der Waals surface area contributed by atoms with Gasteiger partial charge in [-0.3, -0.25) is 0 Å². The zero-order valence-corrected chi connectivity index (χ0v) is 16.1. The number of aromatic nitrogens is 7. The summed E-state index contributed by atoms with van der Waals surface area (Å²) >= 11 is 0. The predicted octanol–water partition coefficient (Wildman–Crippen LogP) is 3.33. The minimum atomic E-state index is 0.241. The van der Waals surface area contributed by atoms with Crippen LogP contribution in [0.2, 0.25) is 0 Å². The average molecular weight is 397 g/mol. The Kier molecular flexibility index (Phi) is 4.57. The molecule has 0 fully saturated rings. The second-order valence-corrected chi connectivity index (χ2v) is 6.91. The van der Waals surface area contributed by atoms with Crippen molar-refractivity contribution in [3.63, 3.8) is 0 Å². The summed E-state index contributed by atoms with van der Waals surface area (Å²) in [6, 6.07) is 19.8. The molecule has 0 aliphatic heterocycles. The van der Waals surface area contributed by atoms with Gasteiger partial charge in [0.1, 0.15) is 5.75 Å². The molecular formula is C22H19N7O. The molecule has 0 unspecified atom stereocenters. The summed E-state index contributed by atoms with van der Waals surface area (Å²) in [4.78, 5) is 4.11. The Labute approximate surface area is 172 Å². The second-order valence-electron chi connectivity index (χ2n) is 6.91. The molecule has 148 valence electrons. The number of nitrogens with zero attached hydrogens (tertiary/aromatic N) is 6. The summed E-state index contributed by atoms with van der Waals surface area (Å²) in [6.45, 7) is 0. The lowest BCUT2D eigenvalue weighted by Crippen LogP contribution is -2.04. The Morgan fingerprint density at radius 1 is 0.867 bits per heavy atom. The minimum Gasteiger partial charge on any atom is -0.508 e. The van der Waals surface area contributed by atoms with E-state index in [2.05, 4.69) is 66.6 Å². The maximum Gasteiger partial charge on any atom is 0.174 e. The largest absolute Gasteiger partial charge is 0.508 e. The molecule has 2 N–H and O–H groups in total. The molecule has 8 nitrogen and oxygen atoms in total. The lowest BCUT2D eigenvalue weighted by molar-refractivity contribution is 0.475. The Bertz CT molecular complexity index is 1220. The molecule has 0 atom stereocenters. The fourth-order valence-electron chi connectivity index (χ4n) is 3.55. The number of aromatic hydroxyl groups is 1. The second kappa shape index (κ2) is 7.67. The van der Waals surface area contributed by atoms with E-state index in [1.807, 2.05) is 22.9 Å². The lowest BCUT2D eigenvalue weighted by atomic mass is 10.1. The van der Waals surface area contributed by atoms with E-state index in [0.29, 0.717) is 12.2 Å². The maximum atomic E-state index is 9.72. The van der Waals surface area contributed by atoms with Crippen LogP contribution in [0.4, 0.5) is 0 Å². The van der Waals surface area contributed by atoms with Crippen LogP contribution < -0.4 is 0 Å². The molecule has 3 heterocycles. The van der Waals surface area contributed by atoms with Gasteiger partial charge in [-0.25, -0.2) is 4.98 Å². The van der Waals surface area contributed by atoms with E-state index < -0.39 is 0 Å². The Hall–Kier alpha value is -4.20. The molecule has 0 aliphatic rings. The first-order valence-corrected chi connectivity index (χ1v) is 9.59. The molecule has 30 heavy (non-hydrogen) atoms. The fourth-order valence-corrected chi connectivity index (χ4v) is 3.55. The number of H-pyrrole nitrogens is 1. The highest BCUT2D eigenvalue weighted by atomic mass is 16.3. The Morgan fingerprint density at radius 2 is 1.67 bits per heavy atom. The van der Waals surface area contributed by atoms with Gasteiger partial charge < -0.3 is 14.2 Å². The van der Waals surface area contributed by atoms with Gasteiger partial charge in [0, 0.05) is 35.9 Å². The van der Waals surface area contributed by atoms with E-state index in [0.717, 1.165) is 34.7 Å². The normalized spacial score (nSPS) is 11.1. The van der Waals surface area contributed by atoms with Crippen molar-refractivity contribution in [3.8, 4) is 28.4 Å². The van der Waals surface area contributed by atoms with Crippen LogP contribution in [0.5, 0.6) is 5.75 Å². The Balaban J connectivity index is 1.53. The number of nitrogens with one attached hydrogen (secondary N) is 1. The van der Waals surface area contributed by atoms with Crippen molar-refractivity contribution < 1.29 is 5.11 Å². The first-order valence-electron chi connectivity index (χ1n) is 9.59. The van der Waals surface area contributed by atoms with Crippen LogP contribution in [0.1, 0.15) is 11.5 Å². The van der Waals surface area contributed by atoms with Gasteiger partial charge in [0.2, 0.25) is 0 Å². The van der Waals surface area contributed by atoms with E-state index in [9.17, 15) is 5.11 Å². The number of phenols is 1.